The normalized spacial score (nSPS) is 11.4. The lowest BCUT2D eigenvalue weighted by Gasteiger charge is -2.04. The molecule has 0 bridgehead atoms. The molecule has 0 unspecified atom stereocenters. The van der Waals surface area contributed by atoms with Crippen molar-refractivity contribution in [3.63, 3.8) is 0 Å². The molecule has 0 aliphatic heterocycles. The monoisotopic (exact) mass is 246 g/mol. The first-order valence-corrected chi connectivity index (χ1v) is 5.47. The van der Waals surface area contributed by atoms with Crippen LogP contribution in [0.1, 0.15) is 11.1 Å². The molecule has 0 spiro atoms. The molecular formula is C15H12F2O. The highest BCUT2D eigenvalue weighted by molar-refractivity contribution is 5.78. The SMILES string of the molecule is COc1ccccc1C=C(F)c1ccc(F)cc1. The molecule has 0 amide bonds. The first kappa shape index (κ1) is 12.3. The van der Waals surface area contributed by atoms with Gasteiger partial charge in [-0.05, 0) is 36.4 Å². The minimum Gasteiger partial charge on any atom is -0.496 e. The van der Waals surface area contributed by atoms with Gasteiger partial charge in [0.25, 0.3) is 0 Å². The topological polar surface area (TPSA) is 9.23 Å². The van der Waals surface area contributed by atoms with Gasteiger partial charge in [-0.1, -0.05) is 18.2 Å². The lowest BCUT2D eigenvalue weighted by Crippen LogP contribution is -1.86. The van der Waals surface area contributed by atoms with E-state index in [4.69, 9.17) is 4.74 Å². The molecule has 0 heterocycles. The van der Waals surface area contributed by atoms with E-state index in [0.29, 0.717) is 16.9 Å². The summed E-state index contributed by atoms with van der Waals surface area (Å²) < 4.78 is 31.8. The summed E-state index contributed by atoms with van der Waals surface area (Å²) in [6, 6.07) is 12.4. The number of ether oxygens (including phenoxy) is 1. The number of hydrogen-bond donors (Lipinski definition) is 0. The predicted octanol–water partition coefficient (Wildman–Crippen LogP) is 4.30. The van der Waals surface area contributed by atoms with Gasteiger partial charge >= 0.3 is 0 Å². The van der Waals surface area contributed by atoms with Crippen molar-refractivity contribution in [3.8, 4) is 5.75 Å². The first-order valence-electron chi connectivity index (χ1n) is 5.47. The Labute approximate surface area is 104 Å². The smallest absolute Gasteiger partial charge is 0.131 e. The second kappa shape index (κ2) is 5.45. The molecule has 0 saturated carbocycles. The third-order valence-corrected chi connectivity index (χ3v) is 2.54. The van der Waals surface area contributed by atoms with Gasteiger partial charge in [-0.2, -0.15) is 0 Å². The van der Waals surface area contributed by atoms with Crippen LogP contribution in [0.15, 0.2) is 48.5 Å². The van der Waals surface area contributed by atoms with Gasteiger partial charge in [0, 0.05) is 11.1 Å². The molecule has 0 fully saturated rings. The van der Waals surface area contributed by atoms with Crippen molar-refractivity contribution in [2.45, 2.75) is 0 Å². The largest absolute Gasteiger partial charge is 0.496 e. The Morgan fingerprint density at radius 1 is 1.06 bits per heavy atom. The van der Waals surface area contributed by atoms with Gasteiger partial charge in [-0.15, -0.1) is 0 Å². The van der Waals surface area contributed by atoms with Crippen molar-refractivity contribution in [1.29, 1.82) is 0 Å². The Morgan fingerprint density at radius 3 is 2.39 bits per heavy atom. The molecule has 0 saturated heterocycles. The summed E-state index contributed by atoms with van der Waals surface area (Å²) in [4.78, 5) is 0. The highest BCUT2D eigenvalue weighted by Gasteiger charge is 2.04. The number of methoxy groups -OCH3 is 1. The Hall–Kier alpha value is -2.16. The fourth-order valence-corrected chi connectivity index (χ4v) is 1.61. The fourth-order valence-electron chi connectivity index (χ4n) is 1.61. The maximum absolute atomic E-state index is 14.0. The van der Waals surface area contributed by atoms with E-state index in [2.05, 4.69) is 0 Å². The Kier molecular flexibility index (Phi) is 3.72. The second-order valence-corrected chi connectivity index (χ2v) is 3.74. The third kappa shape index (κ3) is 2.74. The summed E-state index contributed by atoms with van der Waals surface area (Å²) in [7, 11) is 1.53. The Bertz CT molecular complexity index is 559. The van der Waals surface area contributed by atoms with Crippen molar-refractivity contribution in [1.82, 2.24) is 0 Å². The zero-order valence-electron chi connectivity index (χ0n) is 9.86. The van der Waals surface area contributed by atoms with E-state index in [1.165, 1.54) is 37.5 Å². The minimum atomic E-state index is -0.431. The molecule has 0 aromatic heterocycles. The van der Waals surface area contributed by atoms with E-state index in [-0.39, 0.29) is 5.82 Å². The van der Waals surface area contributed by atoms with Gasteiger partial charge in [0.05, 0.1) is 7.11 Å². The van der Waals surface area contributed by atoms with Crippen molar-refractivity contribution in [3.05, 3.63) is 65.5 Å². The molecule has 0 radical (unpaired) electrons. The van der Waals surface area contributed by atoms with Crippen LogP contribution < -0.4 is 4.74 Å². The van der Waals surface area contributed by atoms with Crippen LogP contribution in [0.4, 0.5) is 8.78 Å². The standard InChI is InChI=1S/C15H12F2O/c1-18-15-5-3-2-4-12(15)10-14(17)11-6-8-13(16)9-7-11/h2-10H,1H3. The van der Waals surface area contributed by atoms with Gasteiger partial charge < -0.3 is 4.74 Å². The van der Waals surface area contributed by atoms with Gasteiger partial charge in [-0.3, -0.25) is 0 Å². The van der Waals surface area contributed by atoms with Crippen LogP contribution in [0.25, 0.3) is 11.9 Å². The van der Waals surface area contributed by atoms with E-state index in [0.717, 1.165) is 0 Å². The molecule has 1 nitrogen and oxygen atoms in total. The summed E-state index contributed by atoms with van der Waals surface area (Å²) in [5.74, 6) is -0.224. The van der Waals surface area contributed by atoms with E-state index in [1.807, 2.05) is 6.07 Å². The van der Waals surface area contributed by atoms with E-state index >= 15 is 0 Å². The minimum absolute atomic E-state index is 0.335. The molecule has 0 atom stereocenters. The quantitative estimate of drug-likeness (QED) is 0.733. The average Bonchev–Trinajstić information content (AvgIpc) is 2.40. The molecule has 0 aliphatic rings. The van der Waals surface area contributed by atoms with Gasteiger partial charge in [0.15, 0.2) is 0 Å². The number of hydrogen-bond acceptors (Lipinski definition) is 1. The predicted molar refractivity (Wildman–Crippen MR) is 68.4 cm³/mol. The summed E-state index contributed by atoms with van der Waals surface area (Å²) in [5.41, 5.74) is 0.976. The molecule has 18 heavy (non-hydrogen) atoms. The average molecular weight is 246 g/mol. The van der Waals surface area contributed by atoms with Crippen LogP contribution in [0.5, 0.6) is 5.75 Å². The summed E-state index contributed by atoms with van der Waals surface area (Å²) in [6.07, 6.45) is 1.37. The van der Waals surface area contributed by atoms with E-state index in [9.17, 15) is 8.78 Å². The van der Waals surface area contributed by atoms with E-state index in [1.54, 1.807) is 18.2 Å². The number of rotatable bonds is 3. The third-order valence-electron chi connectivity index (χ3n) is 2.54. The van der Waals surface area contributed by atoms with Crippen LogP contribution >= 0.6 is 0 Å². The van der Waals surface area contributed by atoms with Crippen LogP contribution in [-0.4, -0.2) is 7.11 Å². The summed E-state index contributed by atoms with van der Waals surface area (Å²) in [6.45, 7) is 0. The van der Waals surface area contributed by atoms with Gasteiger partial charge in [-0.25, -0.2) is 8.78 Å². The highest BCUT2D eigenvalue weighted by Crippen LogP contribution is 2.25. The van der Waals surface area contributed by atoms with Crippen LogP contribution in [0.2, 0.25) is 0 Å². The maximum atomic E-state index is 14.0. The van der Waals surface area contributed by atoms with Crippen molar-refractivity contribution in [2.24, 2.45) is 0 Å². The zero-order chi connectivity index (χ0) is 13.0. The van der Waals surface area contributed by atoms with E-state index < -0.39 is 5.83 Å². The number of para-hydroxylation sites is 1. The zero-order valence-corrected chi connectivity index (χ0v) is 9.86. The molecule has 0 N–H and O–H groups in total. The molecular weight excluding hydrogens is 234 g/mol. The molecule has 0 aliphatic carbocycles. The summed E-state index contributed by atoms with van der Waals surface area (Å²) in [5, 5.41) is 0. The van der Waals surface area contributed by atoms with Crippen LogP contribution in [0, 0.1) is 5.82 Å². The van der Waals surface area contributed by atoms with Gasteiger partial charge in [0.1, 0.15) is 17.4 Å². The Balaban J connectivity index is 2.35. The lowest BCUT2D eigenvalue weighted by molar-refractivity contribution is 0.414. The molecule has 3 heteroatoms. The maximum Gasteiger partial charge on any atom is 0.131 e. The fraction of sp³-hybridized carbons (Fsp3) is 0.0667. The highest BCUT2D eigenvalue weighted by atomic mass is 19.1. The molecule has 92 valence electrons. The molecule has 2 rings (SSSR count). The molecule has 2 aromatic carbocycles. The number of halogens is 2. The number of benzene rings is 2. The van der Waals surface area contributed by atoms with Crippen LogP contribution in [0.3, 0.4) is 0 Å². The molecule has 2 aromatic rings. The Morgan fingerprint density at radius 2 is 1.72 bits per heavy atom. The second-order valence-electron chi connectivity index (χ2n) is 3.74. The van der Waals surface area contributed by atoms with Gasteiger partial charge in [0.2, 0.25) is 0 Å². The van der Waals surface area contributed by atoms with Crippen LogP contribution in [-0.2, 0) is 0 Å². The summed E-state index contributed by atoms with van der Waals surface area (Å²) >= 11 is 0. The van der Waals surface area contributed by atoms with Crippen molar-refractivity contribution < 1.29 is 13.5 Å². The first-order chi connectivity index (χ1) is 8.70. The van der Waals surface area contributed by atoms with Crippen molar-refractivity contribution in [2.75, 3.05) is 7.11 Å². The van der Waals surface area contributed by atoms with Crippen molar-refractivity contribution >= 4 is 11.9 Å². The lowest BCUT2D eigenvalue weighted by atomic mass is 10.1.